The Morgan fingerprint density at radius 2 is 2.25 bits per heavy atom. The van der Waals surface area contributed by atoms with Crippen LogP contribution in [-0.4, -0.2) is 29.5 Å². The molecule has 0 aliphatic heterocycles. The summed E-state index contributed by atoms with van der Waals surface area (Å²) in [6, 6.07) is 0. The molecule has 6 nitrogen and oxygen atoms in total. The normalized spacial score (nSPS) is 11.6. The van der Waals surface area contributed by atoms with Crippen LogP contribution in [0.1, 0.15) is 6.92 Å². The molecular formula is C8H13N3O3S2. The summed E-state index contributed by atoms with van der Waals surface area (Å²) >= 11 is 1.10. The fourth-order valence-electron chi connectivity index (χ4n) is 1.03. The Morgan fingerprint density at radius 1 is 1.56 bits per heavy atom. The van der Waals surface area contributed by atoms with E-state index in [2.05, 4.69) is 4.98 Å². The van der Waals surface area contributed by atoms with Crippen LogP contribution in [0, 0.1) is 0 Å². The molecule has 0 atom stereocenters. The summed E-state index contributed by atoms with van der Waals surface area (Å²) in [5, 5.41) is 5.15. The van der Waals surface area contributed by atoms with Crippen molar-refractivity contribution in [3.05, 3.63) is 22.7 Å². The second-order valence-electron chi connectivity index (χ2n) is 3.04. The number of sulfonamides is 1. The molecule has 1 aromatic rings. The second-order valence-corrected chi connectivity index (χ2v) is 5.86. The number of nitrogens with zero attached hydrogens (tertiary/aromatic N) is 2. The summed E-state index contributed by atoms with van der Waals surface area (Å²) in [4.78, 5) is 15.6. The number of thioether (sulfide) groups is 1. The lowest BCUT2D eigenvalue weighted by atomic mass is 10.6. The second kappa shape index (κ2) is 5.46. The third-order valence-corrected chi connectivity index (χ3v) is 3.82. The van der Waals surface area contributed by atoms with E-state index in [-0.39, 0.29) is 17.1 Å². The highest BCUT2D eigenvalue weighted by molar-refractivity contribution is 8.00. The molecule has 1 heterocycles. The van der Waals surface area contributed by atoms with E-state index in [0.29, 0.717) is 11.6 Å². The maximum atomic E-state index is 11.7. The van der Waals surface area contributed by atoms with Gasteiger partial charge in [0, 0.05) is 24.7 Å². The van der Waals surface area contributed by atoms with Crippen molar-refractivity contribution in [3.63, 3.8) is 0 Å². The zero-order valence-corrected chi connectivity index (χ0v) is 10.4. The highest BCUT2D eigenvalue weighted by Gasteiger charge is 2.07. The monoisotopic (exact) mass is 263 g/mol. The highest BCUT2D eigenvalue weighted by atomic mass is 32.2. The van der Waals surface area contributed by atoms with Crippen LogP contribution >= 0.6 is 11.8 Å². The van der Waals surface area contributed by atoms with Crippen molar-refractivity contribution < 1.29 is 8.42 Å². The lowest BCUT2D eigenvalue weighted by molar-refractivity contribution is 0.599. The average molecular weight is 263 g/mol. The number of aryl methyl sites for hydroxylation is 1. The number of rotatable bonds is 5. The third-order valence-electron chi connectivity index (χ3n) is 1.83. The van der Waals surface area contributed by atoms with E-state index < -0.39 is 10.0 Å². The highest BCUT2D eigenvalue weighted by Crippen LogP contribution is 2.09. The molecule has 90 valence electrons. The van der Waals surface area contributed by atoms with Gasteiger partial charge < -0.3 is 4.57 Å². The summed E-state index contributed by atoms with van der Waals surface area (Å²) in [5.41, 5.74) is -0.204. The Morgan fingerprint density at radius 3 is 2.81 bits per heavy atom. The first kappa shape index (κ1) is 13.2. The lowest BCUT2D eigenvalue weighted by Gasteiger charge is -2.03. The maximum absolute atomic E-state index is 11.7. The van der Waals surface area contributed by atoms with Gasteiger partial charge in [-0.15, -0.1) is 0 Å². The quantitative estimate of drug-likeness (QED) is 0.732. The number of nitrogens with two attached hydrogens (primary N) is 1. The van der Waals surface area contributed by atoms with Crippen LogP contribution in [0.15, 0.2) is 22.2 Å². The number of aromatic nitrogens is 2. The van der Waals surface area contributed by atoms with Crippen molar-refractivity contribution in [1.82, 2.24) is 9.55 Å². The van der Waals surface area contributed by atoms with Gasteiger partial charge in [0.05, 0.1) is 5.75 Å². The van der Waals surface area contributed by atoms with Crippen LogP contribution in [0.5, 0.6) is 0 Å². The molecule has 0 fully saturated rings. The van der Waals surface area contributed by atoms with Crippen LogP contribution in [0.2, 0.25) is 0 Å². The molecule has 0 aliphatic rings. The SMILES string of the molecule is CCn1ccnc(SCCS(N)(=O)=O)c1=O. The molecule has 0 aliphatic carbocycles. The molecule has 16 heavy (non-hydrogen) atoms. The zero-order chi connectivity index (χ0) is 12.2. The summed E-state index contributed by atoms with van der Waals surface area (Å²) in [6.45, 7) is 2.41. The van der Waals surface area contributed by atoms with Crippen molar-refractivity contribution in [2.24, 2.45) is 5.14 Å². The van der Waals surface area contributed by atoms with E-state index in [9.17, 15) is 13.2 Å². The van der Waals surface area contributed by atoms with E-state index in [0.717, 1.165) is 11.8 Å². The van der Waals surface area contributed by atoms with Gasteiger partial charge in [0.2, 0.25) is 10.0 Å². The standard InChI is InChI=1S/C8H13N3O3S2/c1-2-11-4-3-10-7(8(11)12)15-5-6-16(9,13)14/h3-4H,2,5-6H2,1H3,(H2,9,13,14). The molecule has 0 unspecified atom stereocenters. The molecular weight excluding hydrogens is 250 g/mol. The van der Waals surface area contributed by atoms with Gasteiger partial charge in [-0.2, -0.15) is 0 Å². The first-order chi connectivity index (χ1) is 7.44. The van der Waals surface area contributed by atoms with Crippen molar-refractivity contribution in [3.8, 4) is 0 Å². The molecule has 0 amide bonds. The van der Waals surface area contributed by atoms with E-state index in [1.807, 2.05) is 6.92 Å². The largest absolute Gasteiger partial charge is 0.312 e. The molecule has 8 heteroatoms. The predicted molar refractivity (Wildman–Crippen MR) is 62.9 cm³/mol. The first-order valence-electron chi connectivity index (χ1n) is 4.62. The minimum Gasteiger partial charge on any atom is -0.312 e. The van der Waals surface area contributed by atoms with Gasteiger partial charge in [-0.25, -0.2) is 18.5 Å². The Bertz CT molecular complexity index is 510. The Balaban J connectivity index is 2.72. The molecule has 0 bridgehead atoms. The smallest absolute Gasteiger partial charge is 0.283 e. The van der Waals surface area contributed by atoms with Gasteiger partial charge in [0.25, 0.3) is 5.56 Å². The van der Waals surface area contributed by atoms with Crippen molar-refractivity contribution in [2.75, 3.05) is 11.5 Å². The molecule has 0 spiro atoms. The maximum Gasteiger partial charge on any atom is 0.283 e. The summed E-state index contributed by atoms with van der Waals surface area (Å²) in [6.07, 6.45) is 3.11. The molecule has 0 radical (unpaired) electrons. The molecule has 1 aromatic heterocycles. The van der Waals surface area contributed by atoms with E-state index in [1.165, 1.54) is 10.8 Å². The fourth-order valence-corrected chi connectivity index (χ4v) is 2.86. The average Bonchev–Trinajstić information content (AvgIpc) is 2.19. The number of primary sulfonamides is 1. The van der Waals surface area contributed by atoms with E-state index >= 15 is 0 Å². The van der Waals surface area contributed by atoms with Gasteiger partial charge in [0.15, 0.2) is 5.03 Å². The first-order valence-corrected chi connectivity index (χ1v) is 7.33. The third kappa shape index (κ3) is 3.95. The topological polar surface area (TPSA) is 95.1 Å². The number of hydrogen-bond acceptors (Lipinski definition) is 5. The van der Waals surface area contributed by atoms with Crippen molar-refractivity contribution in [2.45, 2.75) is 18.5 Å². The van der Waals surface area contributed by atoms with Gasteiger partial charge in [0.1, 0.15) is 0 Å². The van der Waals surface area contributed by atoms with E-state index in [4.69, 9.17) is 5.14 Å². The van der Waals surface area contributed by atoms with Crippen LogP contribution < -0.4 is 10.7 Å². The Labute approximate surface area is 97.9 Å². The van der Waals surface area contributed by atoms with Crippen molar-refractivity contribution >= 4 is 21.8 Å². The molecule has 0 saturated heterocycles. The summed E-state index contributed by atoms with van der Waals surface area (Å²) in [7, 11) is -3.48. The van der Waals surface area contributed by atoms with Gasteiger partial charge >= 0.3 is 0 Å². The molecule has 2 N–H and O–H groups in total. The molecule has 1 rings (SSSR count). The lowest BCUT2D eigenvalue weighted by Crippen LogP contribution is -2.22. The minimum absolute atomic E-state index is 0.167. The molecule has 0 aromatic carbocycles. The minimum atomic E-state index is -3.48. The predicted octanol–water partition coefficient (Wildman–Crippen LogP) is -0.356. The van der Waals surface area contributed by atoms with Gasteiger partial charge in [-0.3, -0.25) is 4.79 Å². The van der Waals surface area contributed by atoms with Crippen LogP contribution in [0.4, 0.5) is 0 Å². The van der Waals surface area contributed by atoms with Gasteiger partial charge in [-0.05, 0) is 6.92 Å². The Kier molecular flexibility index (Phi) is 4.51. The number of hydrogen-bond donors (Lipinski definition) is 1. The summed E-state index contributed by atoms with van der Waals surface area (Å²) in [5.74, 6) is 0.0641. The van der Waals surface area contributed by atoms with E-state index in [1.54, 1.807) is 6.20 Å². The fraction of sp³-hybridized carbons (Fsp3) is 0.500. The van der Waals surface area contributed by atoms with Crippen LogP contribution in [0.3, 0.4) is 0 Å². The Hall–Kier alpha value is -0.860. The van der Waals surface area contributed by atoms with Crippen LogP contribution in [-0.2, 0) is 16.6 Å². The van der Waals surface area contributed by atoms with Crippen molar-refractivity contribution in [1.29, 1.82) is 0 Å². The molecule has 0 saturated carbocycles. The van der Waals surface area contributed by atoms with Gasteiger partial charge in [-0.1, -0.05) is 11.8 Å². The zero-order valence-electron chi connectivity index (χ0n) is 8.79. The summed E-state index contributed by atoms with van der Waals surface area (Å²) < 4.78 is 22.9. The van der Waals surface area contributed by atoms with Crippen LogP contribution in [0.25, 0.3) is 0 Å².